The molecule has 0 saturated heterocycles. The molecule has 2 aromatic carbocycles. The molecular weight excluding hydrogens is 336 g/mol. The van der Waals surface area contributed by atoms with Gasteiger partial charge in [0.1, 0.15) is 17.3 Å². The van der Waals surface area contributed by atoms with Crippen LogP contribution in [0.25, 0.3) is 0 Å². The number of aromatic nitrogens is 1. The zero-order valence-electron chi connectivity index (χ0n) is 13.7. The molecule has 0 aliphatic carbocycles. The minimum Gasteiger partial charge on any atom is -0.353 e. The number of hydrogen-bond donors (Lipinski definition) is 1. The van der Waals surface area contributed by atoms with Gasteiger partial charge >= 0.3 is 0 Å². The van der Waals surface area contributed by atoms with Crippen LogP contribution in [0.2, 0.25) is 0 Å². The van der Waals surface area contributed by atoms with E-state index in [1.807, 2.05) is 24.3 Å². The number of rotatable bonds is 3. The summed E-state index contributed by atoms with van der Waals surface area (Å²) in [5.41, 5.74) is 2.91. The van der Waals surface area contributed by atoms with Gasteiger partial charge in [-0.3, -0.25) is 9.78 Å². The summed E-state index contributed by atoms with van der Waals surface area (Å²) in [6, 6.07) is 14.2. The quantitative estimate of drug-likeness (QED) is 0.765. The van der Waals surface area contributed by atoms with Crippen LogP contribution in [0.3, 0.4) is 0 Å². The van der Waals surface area contributed by atoms with Gasteiger partial charge in [-0.05, 0) is 42.3 Å². The fourth-order valence-electron chi connectivity index (χ4n) is 3.06. The second kappa shape index (κ2) is 6.55. The Balaban J connectivity index is 1.59. The molecule has 1 N–H and O–H groups in total. The van der Waals surface area contributed by atoms with E-state index in [-0.39, 0.29) is 17.3 Å². The van der Waals surface area contributed by atoms with Gasteiger partial charge in [0.15, 0.2) is 0 Å². The van der Waals surface area contributed by atoms with E-state index < -0.39 is 11.6 Å². The molecule has 26 heavy (non-hydrogen) atoms. The van der Waals surface area contributed by atoms with Crippen molar-refractivity contribution in [3.8, 4) is 0 Å². The van der Waals surface area contributed by atoms with E-state index in [0.717, 1.165) is 23.7 Å². The van der Waals surface area contributed by atoms with Crippen molar-refractivity contribution in [1.82, 2.24) is 4.98 Å². The Morgan fingerprint density at radius 1 is 1.08 bits per heavy atom. The van der Waals surface area contributed by atoms with Crippen LogP contribution in [-0.4, -0.2) is 17.4 Å². The molecule has 0 spiro atoms. The second-order valence-corrected chi connectivity index (χ2v) is 6.01. The van der Waals surface area contributed by atoms with Gasteiger partial charge in [-0.15, -0.1) is 0 Å². The maximum absolute atomic E-state index is 13.8. The molecular formula is C20H15F2N3O. The molecule has 0 unspecified atom stereocenters. The molecule has 1 aliphatic rings. The van der Waals surface area contributed by atoms with Gasteiger partial charge in [-0.1, -0.05) is 18.2 Å². The monoisotopic (exact) mass is 351 g/mol. The van der Waals surface area contributed by atoms with Gasteiger partial charge in [0.25, 0.3) is 5.91 Å². The maximum Gasteiger partial charge on any atom is 0.276 e. The zero-order chi connectivity index (χ0) is 18.1. The predicted molar refractivity (Wildman–Crippen MR) is 95.7 cm³/mol. The highest BCUT2D eigenvalue weighted by molar-refractivity contribution is 6.06. The number of carbonyl (C=O) groups is 1. The van der Waals surface area contributed by atoms with Gasteiger partial charge in [-0.25, -0.2) is 8.78 Å². The van der Waals surface area contributed by atoms with Crippen LogP contribution in [0, 0.1) is 11.6 Å². The number of anilines is 3. The highest BCUT2D eigenvalue weighted by Gasteiger charge is 2.26. The topological polar surface area (TPSA) is 45.2 Å². The lowest BCUT2D eigenvalue weighted by Crippen LogP contribution is -2.29. The lowest BCUT2D eigenvalue weighted by atomic mass is 10.2. The minimum absolute atomic E-state index is 0.127. The summed E-state index contributed by atoms with van der Waals surface area (Å²) < 4.78 is 26.8. The van der Waals surface area contributed by atoms with Crippen LogP contribution in [0.5, 0.6) is 0 Å². The van der Waals surface area contributed by atoms with Crippen LogP contribution >= 0.6 is 0 Å². The smallest absolute Gasteiger partial charge is 0.276 e. The van der Waals surface area contributed by atoms with Crippen LogP contribution in [-0.2, 0) is 6.42 Å². The number of fused-ring (bicyclic) bond motifs is 1. The molecule has 0 fully saturated rings. The molecule has 4 nitrogen and oxygen atoms in total. The Hall–Kier alpha value is -3.28. The standard InChI is InChI=1S/C20H15F2N3O/c21-14-5-6-17(16(22)11-14)24-15-7-9-23-18(12-15)20(26)25-10-8-13-3-1-2-4-19(13)25/h1-7,9,11-12H,8,10H2,(H,23,24). The summed E-state index contributed by atoms with van der Waals surface area (Å²) in [6.45, 7) is 0.601. The van der Waals surface area contributed by atoms with E-state index in [0.29, 0.717) is 12.2 Å². The number of carbonyl (C=O) groups excluding carboxylic acids is 1. The first-order valence-electron chi connectivity index (χ1n) is 8.20. The number of nitrogens with zero attached hydrogens (tertiary/aromatic N) is 2. The first-order valence-corrected chi connectivity index (χ1v) is 8.20. The van der Waals surface area contributed by atoms with Crippen molar-refractivity contribution in [2.45, 2.75) is 6.42 Å². The van der Waals surface area contributed by atoms with Gasteiger partial charge < -0.3 is 10.2 Å². The minimum atomic E-state index is -0.705. The van der Waals surface area contributed by atoms with Gasteiger partial charge in [0.05, 0.1) is 5.69 Å². The fraction of sp³-hybridized carbons (Fsp3) is 0.100. The Kier molecular flexibility index (Phi) is 4.08. The normalized spacial score (nSPS) is 12.8. The van der Waals surface area contributed by atoms with Gasteiger partial charge in [0.2, 0.25) is 0 Å². The number of hydrogen-bond acceptors (Lipinski definition) is 3. The predicted octanol–water partition coefficient (Wildman–Crippen LogP) is 4.31. The van der Waals surface area contributed by atoms with Crippen molar-refractivity contribution in [1.29, 1.82) is 0 Å². The van der Waals surface area contributed by atoms with Crippen molar-refractivity contribution in [3.05, 3.63) is 83.7 Å². The fourth-order valence-corrected chi connectivity index (χ4v) is 3.06. The average Bonchev–Trinajstić information content (AvgIpc) is 3.08. The van der Waals surface area contributed by atoms with Crippen molar-refractivity contribution in [2.75, 3.05) is 16.8 Å². The first kappa shape index (κ1) is 16.2. The third kappa shape index (κ3) is 3.01. The zero-order valence-corrected chi connectivity index (χ0v) is 13.7. The maximum atomic E-state index is 13.8. The Bertz CT molecular complexity index is 990. The summed E-state index contributed by atoms with van der Waals surface area (Å²) in [4.78, 5) is 18.7. The molecule has 1 amide bonds. The highest BCUT2D eigenvalue weighted by Crippen LogP contribution is 2.29. The van der Waals surface area contributed by atoms with Crippen LogP contribution < -0.4 is 10.2 Å². The number of pyridine rings is 1. The highest BCUT2D eigenvalue weighted by atomic mass is 19.1. The molecule has 0 bridgehead atoms. The molecule has 0 radical (unpaired) electrons. The molecule has 1 aromatic heterocycles. The lowest BCUT2D eigenvalue weighted by Gasteiger charge is -2.17. The number of halogens is 2. The average molecular weight is 351 g/mol. The van der Waals surface area contributed by atoms with E-state index in [9.17, 15) is 13.6 Å². The molecule has 130 valence electrons. The van der Waals surface area contributed by atoms with E-state index >= 15 is 0 Å². The molecule has 3 aromatic rings. The van der Waals surface area contributed by atoms with Crippen molar-refractivity contribution in [2.24, 2.45) is 0 Å². The van der Waals surface area contributed by atoms with Crippen LogP contribution in [0.4, 0.5) is 25.8 Å². The summed E-state index contributed by atoms with van der Waals surface area (Å²) in [5.74, 6) is -1.56. The molecule has 0 atom stereocenters. The second-order valence-electron chi connectivity index (χ2n) is 6.01. The third-order valence-corrected chi connectivity index (χ3v) is 4.32. The lowest BCUT2D eigenvalue weighted by molar-refractivity contribution is 0.0984. The van der Waals surface area contributed by atoms with Crippen LogP contribution in [0.15, 0.2) is 60.8 Å². The largest absolute Gasteiger partial charge is 0.353 e. The summed E-state index contributed by atoms with van der Waals surface area (Å²) in [7, 11) is 0. The summed E-state index contributed by atoms with van der Waals surface area (Å²) in [6.07, 6.45) is 2.29. The van der Waals surface area contributed by atoms with Gasteiger partial charge in [-0.2, -0.15) is 0 Å². The molecule has 1 aliphatic heterocycles. The third-order valence-electron chi connectivity index (χ3n) is 4.32. The van der Waals surface area contributed by atoms with Crippen molar-refractivity contribution < 1.29 is 13.6 Å². The number of nitrogens with one attached hydrogen (secondary N) is 1. The van der Waals surface area contributed by atoms with E-state index in [4.69, 9.17) is 0 Å². The number of benzene rings is 2. The first-order chi connectivity index (χ1) is 12.6. The summed E-state index contributed by atoms with van der Waals surface area (Å²) in [5, 5.41) is 2.85. The summed E-state index contributed by atoms with van der Waals surface area (Å²) >= 11 is 0. The molecule has 4 rings (SSSR count). The van der Waals surface area contributed by atoms with Crippen LogP contribution in [0.1, 0.15) is 16.1 Å². The van der Waals surface area contributed by atoms with Crippen molar-refractivity contribution >= 4 is 23.0 Å². The number of para-hydroxylation sites is 1. The van der Waals surface area contributed by atoms with E-state index in [1.54, 1.807) is 17.0 Å². The SMILES string of the molecule is O=C(c1cc(Nc2ccc(F)cc2F)ccn1)N1CCc2ccccc21. The Morgan fingerprint density at radius 2 is 1.92 bits per heavy atom. The Morgan fingerprint density at radius 3 is 2.77 bits per heavy atom. The van der Waals surface area contributed by atoms with E-state index in [1.165, 1.54) is 18.3 Å². The van der Waals surface area contributed by atoms with Gasteiger partial charge in [0, 0.05) is 30.2 Å². The molecule has 6 heteroatoms. The van der Waals surface area contributed by atoms with E-state index in [2.05, 4.69) is 10.3 Å². The molecule has 0 saturated carbocycles. The number of amides is 1. The van der Waals surface area contributed by atoms with Crippen molar-refractivity contribution in [3.63, 3.8) is 0 Å². The Labute approximate surface area is 149 Å². The molecule has 2 heterocycles.